The van der Waals surface area contributed by atoms with E-state index in [9.17, 15) is 20.0 Å². The molecule has 0 atom stereocenters. The van der Waals surface area contributed by atoms with Gasteiger partial charge in [0.2, 0.25) is 0 Å². The Labute approximate surface area is 144 Å². The van der Waals surface area contributed by atoms with Crippen molar-refractivity contribution in [3.8, 4) is 11.8 Å². The van der Waals surface area contributed by atoms with Crippen molar-refractivity contribution < 1.29 is 5.11 Å². The van der Waals surface area contributed by atoms with Gasteiger partial charge in [-0.05, 0) is 12.1 Å². The van der Waals surface area contributed by atoms with Gasteiger partial charge >= 0.3 is 5.69 Å². The summed E-state index contributed by atoms with van der Waals surface area (Å²) in [6, 6.07) is 9.05. The second-order valence-electron chi connectivity index (χ2n) is 5.98. The number of benzene rings is 1. The van der Waals surface area contributed by atoms with Crippen molar-refractivity contribution in [3.05, 3.63) is 50.7 Å². The molecule has 1 N–H and O–H groups in total. The molecule has 2 aromatic rings. The van der Waals surface area contributed by atoms with Gasteiger partial charge in [0.05, 0.1) is 5.69 Å². The molecule has 0 bridgehead atoms. The number of phenols is 1. The lowest BCUT2D eigenvalue weighted by atomic mass is 10.2. The van der Waals surface area contributed by atoms with E-state index in [2.05, 4.69) is 0 Å². The lowest BCUT2D eigenvalue weighted by Gasteiger charge is -2.38. The first-order valence-electron chi connectivity index (χ1n) is 7.93. The predicted octanol–water partition coefficient (Wildman–Crippen LogP) is -0.0121. The summed E-state index contributed by atoms with van der Waals surface area (Å²) < 4.78 is 2.29. The zero-order valence-corrected chi connectivity index (χ0v) is 14.1. The number of hydrogen-bond donors (Lipinski definition) is 1. The van der Waals surface area contributed by atoms with Crippen LogP contribution in [0.15, 0.2) is 33.9 Å². The maximum absolute atomic E-state index is 12.2. The van der Waals surface area contributed by atoms with Crippen LogP contribution in [-0.2, 0) is 14.1 Å². The number of aromatic hydroxyl groups is 1. The van der Waals surface area contributed by atoms with Crippen LogP contribution in [0, 0.1) is 11.3 Å². The summed E-state index contributed by atoms with van der Waals surface area (Å²) in [7, 11) is 2.93. The molecular weight excluding hydrogens is 322 g/mol. The molecule has 0 spiro atoms. The lowest BCUT2D eigenvalue weighted by Crippen LogP contribution is -2.50. The van der Waals surface area contributed by atoms with Crippen LogP contribution >= 0.6 is 0 Å². The van der Waals surface area contributed by atoms with Gasteiger partial charge in [-0.25, -0.2) is 4.79 Å². The molecule has 1 aromatic carbocycles. The van der Waals surface area contributed by atoms with Crippen molar-refractivity contribution in [2.45, 2.75) is 0 Å². The van der Waals surface area contributed by atoms with Gasteiger partial charge in [0, 0.05) is 40.3 Å². The quantitative estimate of drug-likeness (QED) is 0.825. The zero-order valence-electron chi connectivity index (χ0n) is 14.1. The maximum Gasteiger partial charge on any atom is 0.332 e. The molecule has 0 unspecified atom stereocenters. The van der Waals surface area contributed by atoms with E-state index < -0.39 is 11.2 Å². The highest BCUT2D eigenvalue weighted by atomic mass is 16.3. The number of nitrogens with zero attached hydrogens (tertiary/aromatic N) is 5. The molecule has 1 saturated heterocycles. The molecule has 0 aliphatic carbocycles. The summed E-state index contributed by atoms with van der Waals surface area (Å²) in [4.78, 5) is 28.3. The molecular formula is C17H19N5O3. The highest BCUT2D eigenvalue weighted by Crippen LogP contribution is 2.28. The fourth-order valence-electron chi connectivity index (χ4n) is 3.19. The molecule has 8 heteroatoms. The first-order valence-corrected chi connectivity index (χ1v) is 7.93. The fourth-order valence-corrected chi connectivity index (χ4v) is 3.19. The van der Waals surface area contributed by atoms with E-state index in [4.69, 9.17) is 0 Å². The fraction of sp³-hybridized carbons (Fsp3) is 0.353. The zero-order chi connectivity index (χ0) is 18.1. The standard InChI is InChI=1S/C17H19N5O3/c1-19-15(12(11-18)16(24)20(2)17(19)25)22-9-7-21(8-10-22)13-5-3-4-6-14(13)23/h3-6,23H,7-10H2,1-2H3. The largest absolute Gasteiger partial charge is 0.506 e. The molecule has 2 heterocycles. The maximum atomic E-state index is 12.2. The minimum atomic E-state index is -0.580. The van der Waals surface area contributed by atoms with Gasteiger partial charge in [-0.3, -0.25) is 13.9 Å². The van der Waals surface area contributed by atoms with Crippen molar-refractivity contribution in [1.29, 1.82) is 5.26 Å². The van der Waals surface area contributed by atoms with Gasteiger partial charge in [0.15, 0.2) is 5.56 Å². The van der Waals surface area contributed by atoms with Gasteiger partial charge in [-0.1, -0.05) is 12.1 Å². The number of phenolic OH excluding ortho intramolecular Hbond substituents is 1. The number of rotatable bonds is 2. The monoisotopic (exact) mass is 341 g/mol. The van der Waals surface area contributed by atoms with E-state index >= 15 is 0 Å². The summed E-state index contributed by atoms with van der Waals surface area (Å²) >= 11 is 0. The van der Waals surface area contributed by atoms with Gasteiger partial charge in [-0.15, -0.1) is 0 Å². The molecule has 1 fully saturated rings. The van der Waals surface area contributed by atoms with Crippen molar-refractivity contribution in [2.75, 3.05) is 36.0 Å². The van der Waals surface area contributed by atoms with E-state index in [1.165, 1.54) is 11.6 Å². The van der Waals surface area contributed by atoms with Crippen LogP contribution in [0.2, 0.25) is 0 Å². The number of hydrogen-bond acceptors (Lipinski definition) is 6. The number of anilines is 2. The molecule has 1 aliphatic rings. The third kappa shape index (κ3) is 2.74. The Morgan fingerprint density at radius 3 is 2.20 bits per heavy atom. The van der Waals surface area contributed by atoms with Gasteiger partial charge < -0.3 is 14.9 Å². The molecule has 3 rings (SSSR count). The highest BCUT2D eigenvalue weighted by molar-refractivity contribution is 5.60. The Kier molecular flexibility index (Phi) is 4.23. The summed E-state index contributed by atoms with van der Waals surface area (Å²) in [6.45, 7) is 2.27. The normalized spacial score (nSPS) is 14.4. The van der Waals surface area contributed by atoms with Crippen LogP contribution in [-0.4, -0.2) is 40.4 Å². The number of nitriles is 1. The summed E-state index contributed by atoms with van der Waals surface area (Å²) in [5, 5.41) is 19.4. The SMILES string of the molecule is Cn1c(N2CCN(c3ccccc3O)CC2)c(C#N)c(=O)n(C)c1=O. The second-order valence-corrected chi connectivity index (χ2v) is 5.98. The van der Waals surface area contributed by atoms with Crippen LogP contribution in [0.25, 0.3) is 0 Å². The lowest BCUT2D eigenvalue weighted by molar-refractivity contribution is 0.472. The Morgan fingerprint density at radius 1 is 1.00 bits per heavy atom. The smallest absolute Gasteiger partial charge is 0.332 e. The average molecular weight is 341 g/mol. The first kappa shape index (κ1) is 16.6. The van der Waals surface area contributed by atoms with Gasteiger partial charge in [-0.2, -0.15) is 5.26 Å². The molecule has 0 radical (unpaired) electrons. The summed E-state index contributed by atoms with van der Waals surface area (Å²) in [6.07, 6.45) is 0. The van der Waals surface area contributed by atoms with Crippen LogP contribution in [0.4, 0.5) is 11.5 Å². The van der Waals surface area contributed by atoms with Crippen molar-refractivity contribution in [2.24, 2.45) is 14.1 Å². The Bertz CT molecular complexity index is 962. The first-order chi connectivity index (χ1) is 12.0. The molecule has 130 valence electrons. The summed E-state index contributed by atoms with van der Waals surface area (Å²) in [5.41, 5.74) is -0.313. The topological polar surface area (TPSA) is 94.5 Å². The van der Waals surface area contributed by atoms with E-state index in [1.807, 2.05) is 28.0 Å². The number of aromatic nitrogens is 2. The molecule has 1 aromatic heterocycles. The van der Waals surface area contributed by atoms with Crippen LogP contribution in [0.3, 0.4) is 0 Å². The van der Waals surface area contributed by atoms with Crippen LogP contribution in [0.5, 0.6) is 5.75 Å². The van der Waals surface area contributed by atoms with Crippen LogP contribution in [0.1, 0.15) is 5.56 Å². The Morgan fingerprint density at radius 2 is 1.60 bits per heavy atom. The molecule has 0 amide bonds. The molecule has 8 nitrogen and oxygen atoms in total. The van der Waals surface area contributed by atoms with Crippen LogP contribution < -0.4 is 21.0 Å². The highest BCUT2D eigenvalue weighted by Gasteiger charge is 2.25. The van der Waals surface area contributed by atoms with Crippen molar-refractivity contribution in [1.82, 2.24) is 9.13 Å². The molecule has 25 heavy (non-hydrogen) atoms. The van der Waals surface area contributed by atoms with E-state index in [0.717, 1.165) is 10.3 Å². The number of para-hydroxylation sites is 2. The Hall–Kier alpha value is -3.21. The second kappa shape index (κ2) is 6.36. The van der Waals surface area contributed by atoms with E-state index in [1.54, 1.807) is 19.2 Å². The predicted molar refractivity (Wildman–Crippen MR) is 94.2 cm³/mol. The van der Waals surface area contributed by atoms with Gasteiger partial charge in [0.1, 0.15) is 17.6 Å². The molecule has 0 saturated carbocycles. The Balaban J connectivity index is 1.92. The van der Waals surface area contributed by atoms with Crippen molar-refractivity contribution >= 4 is 11.5 Å². The minimum Gasteiger partial charge on any atom is -0.506 e. The van der Waals surface area contributed by atoms with E-state index in [-0.39, 0.29) is 11.3 Å². The summed E-state index contributed by atoms with van der Waals surface area (Å²) in [5.74, 6) is 0.571. The average Bonchev–Trinajstić information content (AvgIpc) is 2.63. The van der Waals surface area contributed by atoms with Crippen molar-refractivity contribution in [3.63, 3.8) is 0 Å². The minimum absolute atomic E-state index is 0.0272. The number of piperazine rings is 1. The third-order valence-corrected chi connectivity index (χ3v) is 4.55. The third-order valence-electron chi connectivity index (χ3n) is 4.55. The molecule has 1 aliphatic heterocycles. The van der Waals surface area contributed by atoms with Gasteiger partial charge in [0.25, 0.3) is 5.56 Å². The van der Waals surface area contributed by atoms with E-state index in [0.29, 0.717) is 32.0 Å².